The van der Waals surface area contributed by atoms with Gasteiger partial charge in [0.1, 0.15) is 5.76 Å². The number of carbonyl (C=O) groups excluding carboxylic acids is 2. The van der Waals surface area contributed by atoms with E-state index in [4.69, 9.17) is 16.0 Å². The van der Waals surface area contributed by atoms with E-state index in [1.165, 1.54) is 6.20 Å². The highest BCUT2D eigenvalue weighted by atomic mass is 79.9. The Kier molecular flexibility index (Phi) is 6.43. The lowest BCUT2D eigenvalue weighted by molar-refractivity contribution is 0.0953. The second-order valence-corrected chi connectivity index (χ2v) is 8.79. The van der Waals surface area contributed by atoms with Crippen LogP contribution in [0.5, 0.6) is 0 Å². The fourth-order valence-electron chi connectivity index (χ4n) is 3.64. The topological polar surface area (TPSA) is 96.6 Å². The minimum absolute atomic E-state index is 0.228. The van der Waals surface area contributed by atoms with Crippen molar-refractivity contribution >= 4 is 50.7 Å². The number of hydrogen-bond acceptors (Lipinski definition) is 5. The molecule has 0 saturated carbocycles. The molecular weight excluding hydrogens is 496 g/mol. The van der Waals surface area contributed by atoms with Crippen LogP contribution in [0.4, 0.5) is 5.69 Å². The molecule has 164 valence electrons. The van der Waals surface area contributed by atoms with Gasteiger partial charge in [0, 0.05) is 45.1 Å². The van der Waals surface area contributed by atoms with Crippen molar-refractivity contribution in [1.29, 1.82) is 0 Å². The summed E-state index contributed by atoms with van der Waals surface area (Å²) < 4.78 is 6.63. The van der Waals surface area contributed by atoms with Crippen LogP contribution in [0.1, 0.15) is 56.2 Å². The fourth-order valence-corrected chi connectivity index (χ4v) is 4.18. The van der Waals surface area contributed by atoms with Gasteiger partial charge in [0.05, 0.1) is 11.3 Å². The Morgan fingerprint density at radius 2 is 1.97 bits per heavy atom. The Labute approximate surface area is 198 Å². The predicted octanol–water partition coefficient (Wildman–Crippen LogP) is 5.43. The van der Waals surface area contributed by atoms with E-state index in [0.717, 1.165) is 17.5 Å². The summed E-state index contributed by atoms with van der Waals surface area (Å²) in [7, 11) is 0. The number of aryl methyl sites for hydroxylation is 1. The molecule has 0 fully saturated rings. The number of carbonyl (C=O) groups is 2. The first-order valence-electron chi connectivity index (χ1n) is 10.0. The number of furan rings is 1. The fraction of sp³-hybridized carbons (Fsp3) is 0.217. The number of benzene rings is 1. The molecule has 1 aromatic carbocycles. The number of rotatable bonds is 4. The largest absolute Gasteiger partial charge is 0.455 e. The van der Waals surface area contributed by atoms with Gasteiger partial charge in [0.2, 0.25) is 0 Å². The first-order valence-corrected chi connectivity index (χ1v) is 11.2. The lowest BCUT2D eigenvalue weighted by Crippen LogP contribution is -2.22. The Hall–Kier alpha value is -2.97. The Morgan fingerprint density at radius 1 is 1.16 bits per heavy atom. The number of anilines is 1. The highest BCUT2D eigenvalue weighted by molar-refractivity contribution is 9.10. The molecule has 0 unspecified atom stereocenters. The number of fused-ring (bicyclic) bond motifs is 1. The van der Waals surface area contributed by atoms with Crippen LogP contribution in [-0.4, -0.2) is 22.5 Å². The molecule has 9 heteroatoms. The van der Waals surface area contributed by atoms with E-state index in [1.807, 2.05) is 13.8 Å². The van der Waals surface area contributed by atoms with Crippen molar-refractivity contribution in [2.75, 3.05) is 5.32 Å². The summed E-state index contributed by atoms with van der Waals surface area (Å²) in [5.41, 5.74) is 6.53. The van der Waals surface area contributed by atoms with E-state index in [0.29, 0.717) is 50.6 Å². The molecule has 0 spiro atoms. The summed E-state index contributed by atoms with van der Waals surface area (Å²) in [5, 5.41) is 7.78. The van der Waals surface area contributed by atoms with Gasteiger partial charge >= 0.3 is 0 Å². The maximum atomic E-state index is 12.9. The van der Waals surface area contributed by atoms with E-state index in [2.05, 4.69) is 36.8 Å². The van der Waals surface area contributed by atoms with Crippen molar-refractivity contribution in [3.8, 4) is 0 Å². The van der Waals surface area contributed by atoms with Gasteiger partial charge in [-0.05, 0) is 66.4 Å². The summed E-state index contributed by atoms with van der Waals surface area (Å²) in [5.74, 6) is 0.199. The maximum absolute atomic E-state index is 12.9. The van der Waals surface area contributed by atoms with Crippen molar-refractivity contribution in [3.05, 3.63) is 79.9 Å². The average molecular weight is 516 g/mol. The van der Waals surface area contributed by atoms with E-state index in [1.54, 1.807) is 30.5 Å². The molecule has 0 bridgehead atoms. The van der Waals surface area contributed by atoms with Crippen LogP contribution < -0.4 is 10.7 Å². The van der Waals surface area contributed by atoms with Gasteiger partial charge in [-0.2, -0.15) is 5.10 Å². The Balaban J connectivity index is 1.58. The normalized spacial score (nSPS) is 14.2. The van der Waals surface area contributed by atoms with Crippen molar-refractivity contribution in [2.24, 2.45) is 5.10 Å². The van der Waals surface area contributed by atoms with Crippen LogP contribution in [-0.2, 0) is 6.42 Å². The number of nitrogens with zero attached hydrogens (tertiary/aromatic N) is 2. The second-order valence-electron chi connectivity index (χ2n) is 7.47. The summed E-state index contributed by atoms with van der Waals surface area (Å²) in [6.07, 6.45) is 5.24. The van der Waals surface area contributed by atoms with Gasteiger partial charge in [0.25, 0.3) is 11.8 Å². The predicted molar refractivity (Wildman–Crippen MR) is 126 cm³/mol. The van der Waals surface area contributed by atoms with E-state index < -0.39 is 0 Å². The highest BCUT2D eigenvalue weighted by Crippen LogP contribution is 2.31. The van der Waals surface area contributed by atoms with Crippen molar-refractivity contribution in [3.63, 3.8) is 0 Å². The molecule has 0 saturated heterocycles. The third kappa shape index (κ3) is 4.47. The second kappa shape index (κ2) is 9.26. The lowest BCUT2D eigenvalue weighted by Gasteiger charge is -2.13. The van der Waals surface area contributed by atoms with Crippen molar-refractivity contribution in [2.45, 2.75) is 33.1 Å². The smallest absolute Gasteiger partial charge is 0.291 e. The molecule has 0 radical (unpaired) electrons. The lowest BCUT2D eigenvalue weighted by atomic mass is 9.93. The molecule has 2 heterocycles. The van der Waals surface area contributed by atoms with Gasteiger partial charge in [-0.3, -0.25) is 14.6 Å². The number of pyridine rings is 1. The van der Waals surface area contributed by atoms with Gasteiger partial charge in [-0.15, -0.1) is 0 Å². The van der Waals surface area contributed by atoms with Crippen LogP contribution >= 0.6 is 27.5 Å². The number of nitrogens with one attached hydrogen (secondary N) is 2. The zero-order chi connectivity index (χ0) is 22.8. The standard InChI is InChI=1S/C23H20BrClN4O3/c1-12-16(25)5-3-6-17(12)27-23(31)21-13(2)20-18(7-4-8-19(20)32-21)28-29-22(30)14-9-15(24)11-26-10-14/h3,5-6,9-11H,4,7-8H2,1-2H3,(H,27,31)(H,29,30)/b28-18+. The molecule has 2 N–H and O–H groups in total. The first kappa shape index (κ1) is 22.2. The maximum Gasteiger partial charge on any atom is 0.291 e. The van der Waals surface area contributed by atoms with Gasteiger partial charge < -0.3 is 9.73 Å². The SMILES string of the molecule is Cc1c(Cl)cccc1NC(=O)c1oc2c(c1C)/C(=N/NC(=O)c1cncc(Br)c1)CCC2. The Morgan fingerprint density at radius 3 is 2.75 bits per heavy atom. The molecule has 3 aromatic rings. The van der Waals surface area contributed by atoms with E-state index in [9.17, 15) is 9.59 Å². The quantitative estimate of drug-likeness (QED) is 0.453. The van der Waals surface area contributed by atoms with Crippen LogP contribution in [0, 0.1) is 13.8 Å². The van der Waals surface area contributed by atoms with E-state index >= 15 is 0 Å². The minimum Gasteiger partial charge on any atom is -0.455 e. The van der Waals surface area contributed by atoms with Crippen LogP contribution in [0.15, 0.2) is 50.7 Å². The van der Waals surface area contributed by atoms with Crippen LogP contribution in [0.25, 0.3) is 0 Å². The number of hydrazone groups is 1. The summed E-state index contributed by atoms with van der Waals surface area (Å²) in [4.78, 5) is 29.4. The first-order chi connectivity index (χ1) is 15.3. The number of aromatic nitrogens is 1. The average Bonchev–Trinajstić information content (AvgIpc) is 3.12. The van der Waals surface area contributed by atoms with E-state index in [-0.39, 0.29) is 17.6 Å². The molecule has 2 aromatic heterocycles. The third-order valence-corrected chi connectivity index (χ3v) is 6.15. The van der Waals surface area contributed by atoms with Gasteiger partial charge in [0.15, 0.2) is 5.76 Å². The van der Waals surface area contributed by atoms with Gasteiger partial charge in [-0.25, -0.2) is 5.43 Å². The molecule has 32 heavy (non-hydrogen) atoms. The molecule has 1 aliphatic carbocycles. The third-order valence-electron chi connectivity index (χ3n) is 5.31. The van der Waals surface area contributed by atoms with Crippen molar-refractivity contribution in [1.82, 2.24) is 10.4 Å². The molecule has 7 nitrogen and oxygen atoms in total. The monoisotopic (exact) mass is 514 g/mol. The summed E-state index contributed by atoms with van der Waals surface area (Å²) >= 11 is 9.46. The number of amides is 2. The van der Waals surface area contributed by atoms with Crippen molar-refractivity contribution < 1.29 is 14.0 Å². The van der Waals surface area contributed by atoms with Crippen LogP contribution in [0.2, 0.25) is 5.02 Å². The molecular formula is C23H20BrClN4O3. The van der Waals surface area contributed by atoms with Gasteiger partial charge in [-0.1, -0.05) is 17.7 Å². The minimum atomic E-state index is -0.367. The Bertz CT molecular complexity index is 1250. The molecule has 2 amide bonds. The molecule has 4 rings (SSSR count). The number of halogens is 2. The highest BCUT2D eigenvalue weighted by Gasteiger charge is 2.28. The molecule has 1 aliphatic rings. The zero-order valence-corrected chi connectivity index (χ0v) is 19.8. The molecule has 0 aliphatic heterocycles. The summed E-state index contributed by atoms with van der Waals surface area (Å²) in [6, 6.07) is 7.00. The van der Waals surface area contributed by atoms with Crippen LogP contribution in [0.3, 0.4) is 0 Å². The zero-order valence-electron chi connectivity index (χ0n) is 17.5. The summed E-state index contributed by atoms with van der Waals surface area (Å²) in [6.45, 7) is 3.66. The molecule has 0 atom stereocenters. The number of hydrogen-bond donors (Lipinski definition) is 2.